The monoisotopic (exact) mass is 606 g/mol. The van der Waals surface area contributed by atoms with Gasteiger partial charge in [0.25, 0.3) is 0 Å². The minimum Gasteiger partial charge on any atom is -0.372 e. The summed E-state index contributed by atoms with van der Waals surface area (Å²) in [5.41, 5.74) is 13.5. The number of H-pyrrole nitrogens is 1. The van der Waals surface area contributed by atoms with E-state index in [4.69, 9.17) is 11.0 Å². The average molecular weight is 607 g/mol. The number of hydrogen-bond acceptors (Lipinski definition) is 7. The van der Waals surface area contributed by atoms with Crippen molar-refractivity contribution < 1.29 is 9.59 Å². The van der Waals surface area contributed by atoms with Crippen molar-refractivity contribution in [2.45, 2.75) is 44.6 Å². The summed E-state index contributed by atoms with van der Waals surface area (Å²) in [5, 5.41) is 12.9. The van der Waals surface area contributed by atoms with Gasteiger partial charge in [-0.1, -0.05) is 66.7 Å². The Morgan fingerprint density at radius 2 is 1.74 bits per heavy atom. The molecule has 46 heavy (non-hydrogen) atoms. The van der Waals surface area contributed by atoms with Crippen molar-refractivity contribution in [1.82, 2.24) is 19.9 Å². The van der Waals surface area contributed by atoms with Crippen LogP contribution in [0.25, 0.3) is 22.3 Å². The van der Waals surface area contributed by atoms with Crippen LogP contribution in [0.4, 0.5) is 0 Å². The van der Waals surface area contributed by atoms with E-state index in [2.05, 4.69) is 74.4 Å². The fourth-order valence-electron chi connectivity index (χ4n) is 7.23. The predicted molar refractivity (Wildman–Crippen MR) is 177 cm³/mol. The second-order valence-electron chi connectivity index (χ2n) is 12.2. The number of nitriles is 1. The highest BCUT2D eigenvalue weighted by Crippen LogP contribution is 2.37. The van der Waals surface area contributed by atoms with Gasteiger partial charge in [-0.25, -0.2) is 9.97 Å². The molecule has 1 saturated heterocycles. The van der Waals surface area contributed by atoms with Crippen molar-refractivity contribution in [1.29, 1.82) is 5.26 Å². The molecule has 0 amide bonds. The number of Topliss-reactive ketones (excluding diaryl/α,β-unsaturated/α-hetero) is 2. The SMILES string of the molecule is CC1=c2ccc3c(c2C(=O)CC1=O)C(Cc1ccccc1)C(N1CCC[C@H](N)C1)=c1ccccc1=3.N#Cc1c[nH]c2cncnc12. The summed E-state index contributed by atoms with van der Waals surface area (Å²) in [6.45, 7) is 3.64. The first-order valence-corrected chi connectivity index (χ1v) is 15.7. The average Bonchev–Trinajstić information content (AvgIpc) is 3.51. The van der Waals surface area contributed by atoms with E-state index in [1.807, 2.05) is 25.1 Å². The highest BCUT2D eigenvalue weighted by molar-refractivity contribution is 6.27. The number of ketones is 2. The number of benzene rings is 3. The predicted octanol–water partition coefficient (Wildman–Crippen LogP) is 4.00. The van der Waals surface area contributed by atoms with Gasteiger partial charge in [0.05, 0.1) is 23.7 Å². The van der Waals surface area contributed by atoms with Crippen LogP contribution >= 0.6 is 0 Å². The summed E-state index contributed by atoms with van der Waals surface area (Å²) in [6.07, 6.45) is 7.54. The van der Waals surface area contributed by atoms with Gasteiger partial charge in [-0.15, -0.1) is 0 Å². The second-order valence-corrected chi connectivity index (χ2v) is 12.2. The number of aromatic amines is 1. The van der Waals surface area contributed by atoms with Crippen LogP contribution < -0.4 is 16.2 Å². The van der Waals surface area contributed by atoms with Crippen LogP contribution in [0.15, 0.2) is 85.5 Å². The Bertz CT molecular complexity index is 2270. The van der Waals surface area contributed by atoms with Crippen molar-refractivity contribution in [3.05, 3.63) is 129 Å². The minimum atomic E-state index is -0.0653. The minimum absolute atomic E-state index is 0.00695. The highest BCUT2D eigenvalue weighted by atomic mass is 16.1. The van der Waals surface area contributed by atoms with E-state index in [1.54, 1.807) is 12.4 Å². The molecule has 3 N–H and O–H groups in total. The van der Waals surface area contributed by atoms with Gasteiger partial charge in [-0.3, -0.25) is 9.59 Å². The molecule has 1 unspecified atom stereocenters. The van der Waals surface area contributed by atoms with Gasteiger partial charge in [0.2, 0.25) is 0 Å². The molecule has 1 aliphatic heterocycles. The van der Waals surface area contributed by atoms with Crippen LogP contribution in [0, 0.1) is 21.8 Å². The first-order chi connectivity index (χ1) is 22.4. The van der Waals surface area contributed by atoms with Gasteiger partial charge >= 0.3 is 0 Å². The molecule has 5 aromatic rings. The summed E-state index contributed by atoms with van der Waals surface area (Å²) in [7, 11) is 0. The third kappa shape index (κ3) is 5.19. The van der Waals surface area contributed by atoms with Crippen LogP contribution in [0.5, 0.6) is 0 Å². The Labute approximate surface area is 266 Å². The van der Waals surface area contributed by atoms with Crippen LogP contribution in [-0.2, 0) is 11.2 Å². The highest BCUT2D eigenvalue weighted by Gasteiger charge is 2.34. The van der Waals surface area contributed by atoms with Crippen molar-refractivity contribution in [3.8, 4) is 6.07 Å². The third-order valence-electron chi connectivity index (χ3n) is 9.38. The molecule has 228 valence electrons. The standard InChI is InChI=1S/C31H30N2O2.C7H4N4/c1-19-22-13-14-24-23-11-5-6-12-25(23)31(33-15-7-10-21(32)18-33)26(16-20-8-3-2-4-9-20)29(24)30(22)28(35)17-27(19)34;8-1-5-2-10-6-3-9-4-11-7(5)6/h2-6,8-9,11-14,21,26H,7,10,15-18,32H2,1H3;2-4,10H/t21-,26?;/m0./s1. The Kier molecular flexibility index (Phi) is 7.77. The summed E-state index contributed by atoms with van der Waals surface area (Å²) in [5.74, 6) is -0.114. The number of likely N-dealkylation sites (tertiary alicyclic amines) is 1. The Morgan fingerprint density at radius 1 is 0.978 bits per heavy atom. The van der Waals surface area contributed by atoms with E-state index in [0.717, 1.165) is 64.7 Å². The van der Waals surface area contributed by atoms with E-state index < -0.39 is 0 Å². The summed E-state index contributed by atoms with van der Waals surface area (Å²) in [4.78, 5) is 39.2. The maximum Gasteiger partial charge on any atom is 0.171 e. The lowest BCUT2D eigenvalue weighted by Crippen LogP contribution is -2.45. The molecule has 0 bridgehead atoms. The van der Waals surface area contributed by atoms with Crippen LogP contribution in [-0.4, -0.2) is 50.5 Å². The van der Waals surface area contributed by atoms with Gasteiger partial charge in [-0.05, 0) is 53.0 Å². The Morgan fingerprint density at radius 3 is 2.52 bits per heavy atom. The van der Waals surface area contributed by atoms with Gasteiger partial charge in [0.15, 0.2) is 11.6 Å². The molecular formula is C38H34N6O2. The number of nitrogens with two attached hydrogens (primary N) is 1. The summed E-state index contributed by atoms with van der Waals surface area (Å²) < 4.78 is 0. The number of nitrogens with one attached hydrogen (secondary N) is 1. The number of carbonyl (C=O) groups is 2. The number of rotatable bonds is 3. The van der Waals surface area contributed by atoms with Crippen molar-refractivity contribution in [3.63, 3.8) is 0 Å². The van der Waals surface area contributed by atoms with Crippen molar-refractivity contribution in [2.24, 2.45) is 5.73 Å². The lowest BCUT2D eigenvalue weighted by atomic mass is 9.76. The summed E-state index contributed by atoms with van der Waals surface area (Å²) >= 11 is 0. The Hall–Kier alpha value is -5.39. The second kappa shape index (κ2) is 12.2. The molecule has 3 aromatic carbocycles. The van der Waals surface area contributed by atoms with Gasteiger partial charge in [-0.2, -0.15) is 5.26 Å². The van der Waals surface area contributed by atoms with Crippen molar-refractivity contribution >= 4 is 33.9 Å². The first-order valence-electron chi connectivity index (χ1n) is 15.7. The number of nitrogens with zero attached hydrogens (tertiary/aromatic N) is 4. The normalized spacial score (nSPS) is 18.7. The fourth-order valence-corrected chi connectivity index (χ4v) is 7.23. The first kappa shape index (κ1) is 29.3. The summed E-state index contributed by atoms with van der Waals surface area (Å²) in [6, 6.07) is 25.4. The zero-order valence-electron chi connectivity index (χ0n) is 25.7. The molecule has 3 heterocycles. The maximum atomic E-state index is 13.5. The third-order valence-corrected chi connectivity index (χ3v) is 9.38. The van der Waals surface area contributed by atoms with Crippen molar-refractivity contribution in [2.75, 3.05) is 13.1 Å². The maximum absolute atomic E-state index is 13.5. The van der Waals surface area contributed by atoms with E-state index in [9.17, 15) is 9.59 Å². The molecule has 8 heteroatoms. The molecule has 8 rings (SSSR count). The van der Waals surface area contributed by atoms with E-state index in [0.29, 0.717) is 16.7 Å². The number of piperidine rings is 1. The largest absolute Gasteiger partial charge is 0.372 e. The molecule has 8 nitrogen and oxygen atoms in total. The van der Waals surface area contributed by atoms with E-state index in [1.165, 1.54) is 22.8 Å². The zero-order valence-corrected chi connectivity index (χ0v) is 25.7. The molecular weight excluding hydrogens is 572 g/mol. The van der Waals surface area contributed by atoms with Gasteiger partial charge < -0.3 is 15.6 Å². The topological polar surface area (TPSA) is 129 Å². The van der Waals surface area contributed by atoms with Gasteiger partial charge in [0, 0.05) is 53.3 Å². The lowest BCUT2D eigenvalue weighted by Gasteiger charge is -2.40. The van der Waals surface area contributed by atoms with Crippen LogP contribution in [0.1, 0.15) is 59.2 Å². The van der Waals surface area contributed by atoms with E-state index >= 15 is 0 Å². The molecule has 0 saturated carbocycles. The molecule has 2 atom stereocenters. The molecule has 1 fully saturated rings. The quantitative estimate of drug-likeness (QED) is 0.297. The number of aromatic nitrogens is 3. The molecule has 0 spiro atoms. The Balaban J connectivity index is 0.000000259. The van der Waals surface area contributed by atoms with Crippen LogP contribution in [0.3, 0.4) is 0 Å². The number of carbonyl (C=O) groups excluding carboxylic acids is 2. The zero-order chi connectivity index (χ0) is 31.8. The van der Waals surface area contributed by atoms with Gasteiger partial charge in [0.1, 0.15) is 17.9 Å². The molecule has 3 aliphatic rings. The smallest absolute Gasteiger partial charge is 0.171 e. The van der Waals surface area contributed by atoms with Crippen LogP contribution in [0.2, 0.25) is 0 Å². The lowest BCUT2D eigenvalue weighted by molar-refractivity contribution is -0.113. The number of fused-ring (bicyclic) bond motifs is 5. The number of hydrogen-bond donors (Lipinski definition) is 2. The molecule has 0 radical (unpaired) electrons. The fraction of sp³-hybridized carbons (Fsp3) is 0.237. The molecule has 2 aromatic heterocycles. The molecule has 2 aliphatic carbocycles. The van der Waals surface area contributed by atoms with E-state index in [-0.39, 0.29) is 29.9 Å².